The number of rotatable bonds is 9. The zero-order chi connectivity index (χ0) is 20.4. The Balaban J connectivity index is 1.90. The lowest BCUT2D eigenvalue weighted by atomic mass is 9.94. The van der Waals surface area contributed by atoms with Crippen molar-refractivity contribution in [2.24, 2.45) is 0 Å². The SMILES string of the molecule is C=CCNC(=O)COC(=O)c1ccccc1SCC(=O)N(C)C1CCCCC1. The van der Waals surface area contributed by atoms with Crippen LogP contribution in [0.3, 0.4) is 0 Å². The van der Waals surface area contributed by atoms with E-state index in [1.807, 2.05) is 18.0 Å². The van der Waals surface area contributed by atoms with Gasteiger partial charge in [0.15, 0.2) is 6.61 Å². The minimum absolute atomic E-state index is 0.0591. The van der Waals surface area contributed by atoms with Gasteiger partial charge < -0.3 is 15.0 Å². The molecule has 1 aliphatic carbocycles. The summed E-state index contributed by atoms with van der Waals surface area (Å²) >= 11 is 1.32. The molecule has 0 aliphatic heterocycles. The van der Waals surface area contributed by atoms with Gasteiger partial charge in [0.25, 0.3) is 5.91 Å². The second-order valence-corrected chi connectivity index (χ2v) is 7.77. The second kappa shape index (κ2) is 11.5. The zero-order valence-electron chi connectivity index (χ0n) is 16.3. The van der Waals surface area contributed by atoms with Crippen LogP contribution >= 0.6 is 11.8 Å². The molecule has 7 heteroatoms. The van der Waals surface area contributed by atoms with E-state index in [-0.39, 0.29) is 24.2 Å². The summed E-state index contributed by atoms with van der Waals surface area (Å²) in [5.74, 6) is -0.645. The molecule has 2 rings (SSSR count). The fraction of sp³-hybridized carbons (Fsp3) is 0.476. The number of carbonyl (C=O) groups excluding carboxylic acids is 3. The van der Waals surface area contributed by atoms with E-state index in [0.29, 0.717) is 23.0 Å². The van der Waals surface area contributed by atoms with Crippen molar-refractivity contribution in [2.45, 2.75) is 43.0 Å². The largest absolute Gasteiger partial charge is 0.452 e. The molecule has 1 aliphatic rings. The molecule has 6 nitrogen and oxygen atoms in total. The average molecular weight is 405 g/mol. The summed E-state index contributed by atoms with van der Waals surface area (Å²) in [5, 5.41) is 2.55. The molecule has 0 aromatic heterocycles. The summed E-state index contributed by atoms with van der Waals surface area (Å²) in [6, 6.07) is 7.28. The van der Waals surface area contributed by atoms with Crippen LogP contribution in [-0.2, 0) is 14.3 Å². The normalized spacial score (nSPS) is 14.2. The van der Waals surface area contributed by atoms with E-state index in [4.69, 9.17) is 4.74 Å². The van der Waals surface area contributed by atoms with Gasteiger partial charge in [-0.2, -0.15) is 0 Å². The zero-order valence-corrected chi connectivity index (χ0v) is 17.1. The highest BCUT2D eigenvalue weighted by Crippen LogP contribution is 2.26. The van der Waals surface area contributed by atoms with Gasteiger partial charge in [-0.15, -0.1) is 18.3 Å². The highest BCUT2D eigenvalue weighted by Gasteiger charge is 2.22. The van der Waals surface area contributed by atoms with Crippen LogP contribution in [0.25, 0.3) is 0 Å². The Morgan fingerprint density at radius 2 is 1.96 bits per heavy atom. The molecule has 0 bridgehead atoms. The summed E-state index contributed by atoms with van der Waals surface area (Å²) in [7, 11) is 1.86. The predicted molar refractivity (Wildman–Crippen MR) is 110 cm³/mol. The first-order valence-electron chi connectivity index (χ1n) is 9.55. The van der Waals surface area contributed by atoms with Crippen molar-refractivity contribution in [3.05, 3.63) is 42.5 Å². The molecule has 0 heterocycles. The smallest absolute Gasteiger partial charge is 0.339 e. The van der Waals surface area contributed by atoms with Crippen molar-refractivity contribution in [3.8, 4) is 0 Å². The van der Waals surface area contributed by atoms with Gasteiger partial charge in [-0.25, -0.2) is 4.79 Å². The highest BCUT2D eigenvalue weighted by molar-refractivity contribution is 8.00. The van der Waals surface area contributed by atoms with Gasteiger partial charge in [-0.3, -0.25) is 9.59 Å². The molecule has 0 radical (unpaired) electrons. The van der Waals surface area contributed by atoms with Crippen LogP contribution in [0.5, 0.6) is 0 Å². The lowest BCUT2D eigenvalue weighted by Crippen LogP contribution is -2.39. The molecule has 1 aromatic carbocycles. The molecule has 0 spiro atoms. The number of carbonyl (C=O) groups is 3. The molecule has 0 atom stereocenters. The lowest BCUT2D eigenvalue weighted by Gasteiger charge is -2.31. The maximum atomic E-state index is 12.5. The molecule has 1 saturated carbocycles. The topological polar surface area (TPSA) is 75.7 Å². The monoisotopic (exact) mass is 404 g/mol. The molecule has 152 valence electrons. The van der Waals surface area contributed by atoms with Gasteiger partial charge in [0.05, 0.1) is 11.3 Å². The number of thioether (sulfide) groups is 1. The van der Waals surface area contributed by atoms with Crippen molar-refractivity contribution in [2.75, 3.05) is 26.0 Å². The van der Waals surface area contributed by atoms with E-state index in [0.717, 1.165) is 12.8 Å². The highest BCUT2D eigenvalue weighted by atomic mass is 32.2. The number of ether oxygens (including phenoxy) is 1. The Kier molecular flexibility index (Phi) is 9.07. The van der Waals surface area contributed by atoms with E-state index < -0.39 is 5.97 Å². The van der Waals surface area contributed by atoms with Gasteiger partial charge in [0, 0.05) is 24.5 Å². The first-order valence-corrected chi connectivity index (χ1v) is 10.5. The van der Waals surface area contributed by atoms with Crippen LogP contribution in [0.1, 0.15) is 42.5 Å². The summed E-state index contributed by atoms with van der Waals surface area (Å²) < 4.78 is 5.08. The fourth-order valence-electron chi connectivity index (χ4n) is 3.12. The number of amides is 2. The van der Waals surface area contributed by atoms with Crippen LogP contribution in [0.4, 0.5) is 0 Å². The van der Waals surface area contributed by atoms with Gasteiger partial charge in [-0.1, -0.05) is 37.5 Å². The Labute approximate surface area is 170 Å². The van der Waals surface area contributed by atoms with Crippen molar-refractivity contribution >= 4 is 29.5 Å². The average Bonchev–Trinajstić information content (AvgIpc) is 2.74. The van der Waals surface area contributed by atoms with E-state index in [9.17, 15) is 14.4 Å². The standard InChI is InChI=1S/C21H28N2O4S/c1-3-13-22-19(24)14-27-21(26)17-11-7-8-12-18(17)28-15-20(25)23(2)16-9-5-4-6-10-16/h3,7-8,11-12,16H,1,4-6,9-10,13-15H2,2H3,(H,22,24). The molecule has 1 N–H and O–H groups in total. The number of benzene rings is 1. The Hall–Kier alpha value is -2.28. The predicted octanol–water partition coefficient (Wildman–Crippen LogP) is 3.03. The minimum Gasteiger partial charge on any atom is -0.452 e. The van der Waals surface area contributed by atoms with Crippen LogP contribution in [0.15, 0.2) is 41.8 Å². The Morgan fingerprint density at radius 3 is 2.68 bits per heavy atom. The van der Waals surface area contributed by atoms with Crippen molar-refractivity contribution in [3.63, 3.8) is 0 Å². The van der Waals surface area contributed by atoms with Gasteiger partial charge >= 0.3 is 5.97 Å². The van der Waals surface area contributed by atoms with E-state index in [1.54, 1.807) is 24.3 Å². The maximum absolute atomic E-state index is 12.5. The Bertz CT molecular complexity index is 701. The molecule has 0 unspecified atom stereocenters. The molecule has 1 fully saturated rings. The summed E-state index contributed by atoms with van der Waals surface area (Å²) in [6.45, 7) is 3.47. The van der Waals surface area contributed by atoms with Crippen LogP contribution in [0, 0.1) is 0 Å². The first-order chi connectivity index (χ1) is 13.5. The summed E-state index contributed by atoms with van der Waals surface area (Å²) in [6.07, 6.45) is 7.25. The summed E-state index contributed by atoms with van der Waals surface area (Å²) in [5.41, 5.74) is 0.358. The van der Waals surface area contributed by atoms with Crippen molar-refractivity contribution in [1.29, 1.82) is 0 Å². The lowest BCUT2D eigenvalue weighted by molar-refractivity contribution is -0.129. The molecule has 28 heavy (non-hydrogen) atoms. The molecule has 2 amide bonds. The first kappa shape index (κ1) is 22.0. The minimum atomic E-state index is -0.579. The number of esters is 1. The number of hydrogen-bond donors (Lipinski definition) is 1. The third-order valence-electron chi connectivity index (χ3n) is 4.75. The van der Waals surface area contributed by atoms with Crippen LogP contribution in [0.2, 0.25) is 0 Å². The second-order valence-electron chi connectivity index (χ2n) is 6.75. The van der Waals surface area contributed by atoms with Gasteiger partial charge in [-0.05, 0) is 25.0 Å². The van der Waals surface area contributed by atoms with Crippen molar-refractivity contribution < 1.29 is 19.1 Å². The van der Waals surface area contributed by atoms with Crippen LogP contribution in [-0.4, -0.2) is 54.7 Å². The van der Waals surface area contributed by atoms with Crippen molar-refractivity contribution in [1.82, 2.24) is 10.2 Å². The van der Waals surface area contributed by atoms with E-state index in [2.05, 4.69) is 11.9 Å². The Morgan fingerprint density at radius 1 is 1.25 bits per heavy atom. The molecular weight excluding hydrogens is 376 g/mol. The van der Waals surface area contributed by atoms with Gasteiger partial charge in [0.2, 0.25) is 5.91 Å². The number of hydrogen-bond acceptors (Lipinski definition) is 5. The molecular formula is C21H28N2O4S. The fourth-order valence-corrected chi connectivity index (χ4v) is 4.08. The number of nitrogens with zero attached hydrogens (tertiary/aromatic N) is 1. The molecule has 1 aromatic rings. The third kappa shape index (κ3) is 6.71. The van der Waals surface area contributed by atoms with Gasteiger partial charge in [0.1, 0.15) is 0 Å². The number of nitrogens with one attached hydrogen (secondary N) is 1. The van der Waals surface area contributed by atoms with E-state index >= 15 is 0 Å². The quantitative estimate of drug-likeness (QED) is 0.389. The van der Waals surface area contributed by atoms with E-state index in [1.165, 1.54) is 31.0 Å². The summed E-state index contributed by atoms with van der Waals surface area (Å²) in [4.78, 5) is 39.0. The maximum Gasteiger partial charge on any atom is 0.339 e. The van der Waals surface area contributed by atoms with Crippen LogP contribution < -0.4 is 5.32 Å². The third-order valence-corrected chi connectivity index (χ3v) is 5.81. The molecule has 0 saturated heterocycles.